The van der Waals surface area contributed by atoms with Gasteiger partial charge in [0.2, 0.25) is 15.9 Å². The minimum absolute atomic E-state index is 0.0385. The SMILES string of the molecule is CCC(C(=O)Nc1ccc(Cl)c(S(=O)(=O)N2CCCC2)c1)c1ccccc1. The van der Waals surface area contributed by atoms with Gasteiger partial charge >= 0.3 is 0 Å². The number of hydrogen-bond donors (Lipinski definition) is 1. The third-order valence-corrected chi connectivity index (χ3v) is 7.19. The normalized spacial score (nSPS) is 16.2. The van der Waals surface area contributed by atoms with Gasteiger partial charge in [-0.1, -0.05) is 48.9 Å². The quantitative estimate of drug-likeness (QED) is 0.779. The molecule has 1 aliphatic heterocycles. The van der Waals surface area contributed by atoms with Crippen molar-refractivity contribution in [2.24, 2.45) is 0 Å². The molecule has 1 fully saturated rings. The van der Waals surface area contributed by atoms with Crippen LogP contribution in [0.4, 0.5) is 5.69 Å². The van der Waals surface area contributed by atoms with E-state index in [1.54, 1.807) is 6.07 Å². The molecule has 27 heavy (non-hydrogen) atoms. The molecule has 2 aromatic rings. The highest BCUT2D eigenvalue weighted by Gasteiger charge is 2.29. The zero-order valence-electron chi connectivity index (χ0n) is 15.2. The third-order valence-electron chi connectivity index (χ3n) is 4.81. The average molecular weight is 407 g/mol. The Morgan fingerprint density at radius 3 is 2.44 bits per heavy atom. The Morgan fingerprint density at radius 2 is 1.81 bits per heavy atom. The van der Waals surface area contributed by atoms with E-state index in [0.29, 0.717) is 25.2 Å². The van der Waals surface area contributed by atoms with Crippen LogP contribution in [0.15, 0.2) is 53.4 Å². The highest BCUT2D eigenvalue weighted by molar-refractivity contribution is 7.89. The number of anilines is 1. The number of hydrogen-bond acceptors (Lipinski definition) is 3. The maximum atomic E-state index is 12.8. The van der Waals surface area contributed by atoms with Crippen LogP contribution in [0.25, 0.3) is 0 Å². The van der Waals surface area contributed by atoms with Gasteiger partial charge in [-0.3, -0.25) is 4.79 Å². The number of nitrogens with zero attached hydrogens (tertiary/aromatic N) is 1. The summed E-state index contributed by atoms with van der Waals surface area (Å²) in [6.45, 7) is 2.95. The molecule has 0 radical (unpaired) electrons. The molecule has 1 heterocycles. The lowest BCUT2D eigenvalue weighted by Gasteiger charge is -2.18. The molecule has 7 heteroatoms. The first kappa shape index (κ1) is 19.9. The molecule has 1 aliphatic rings. The van der Waals surface area contributed by atoms with Gasteiger partial charge in [0.1, 0.15) is 4.90 Å². The van der Waals surface area contributed by atoms with Gasteiger partial charge in [-0.05, 0) is 43.0 Å². The lowest BCUT2D eigenvalue weighted by atomic mass is 9.95. The number of carbonyl (C=O) groups is 1. The summed E-state index contributed by atoms with van der Waals surface area (Å²) < 4.78 is 27.1. The molecule has 1 N–H and O–H groups in total. The lowest BCUT2D eigenvalue weighted by Crippen LogP contribution is -2.28. The second-order valence-corrected chi connectivity index (χ2v) is 8.93. The van der Waals surface area contributed by atoms with E-state index >= 15 is 0 Å². The van der Waals surface area contributed by atoms with E-state index in [4.69, 9.17) is 11.6 Å². The van der Waals surface area contributed by atoms with Crippen molar-refractivity contribution in [3.05, 3.63) is 59.1 Å². The highest BCUT2D eigenvalue weighted by atomic mass is 35.5. The lowest BCUT2D eigenvalue weighted by molar-refractivity contribution is -0.117. The van der Waals surface area contributed by atoms with Gasteiger partial charge < -0.3 is 5.32 Å². The number of nitrogens with one attached hydrogen (secondary N) is 1. The van der Waals surface area contributed by atoms with Crippen LogP contribution in [0.5, 0.6) is 0 Å². The Kier molecular flexibility index (Phi) is 6.19. The van der Waals surface area contributed by atoms with Gasteiger partial charge in [-0.25, -0.2) is 8.42 Å². The zero-order valence-corrected chi connectivity index (χ0v) is 16.8. The second-order valence-electron chi connectivity index (χ2n) is 6.62. The number of carbonyl (C=O) groups excluding carboxylic acids is 1. The Labute approximate surface area is 165 Å². The molecule has 0 aliphatic carbocycles. The predicted octanol–water partition coefficient (Wildman–Crippen LogP) is 4.26. The molecule has 0 bridgehead atoms. The fourth-order valence-corrected chi connectivity index (χ4v) is 5.35. The first-order valence-electron chi connectivity index (χ1n) is 9.09. The summed E-state index contributed by atoms with van der Waals surface area (Å²) in [5, 5.41) is 3.00. The monoisotopic (exact) mass is 406 g/mol. The molecule has 1 unspecified atom stereocenters. The van der Waals surface area contributed by atoms with Gasteiger partial charge in [0.15, 0.2) is 0 Å². The van der Waals surface area contributed by atoms with Gasteiger partial charge in [0.25, 0.3) is 0 Å². The largest absolute Gasteiger partial charge is 0.326 e. The molecule has 0 aromatic heterocycles. The van der Waals surface area contributed by atoms with Crippen LogP contribution >= 0.6 is 11.6 Å². The fourth-order valence-electron chi connectivity index (χ4n) is 3.33. The van der Waals surface area contributed by atoms with Crippen molar-refractivity contribution >= 4 is 33.2 Å². The van der Waals surface area contributed by atoms with Crippen LogP contribution in [0.2, 0.25) is 5.02 Å². The highest BCUT2D eigenvalue weighted by Crippen LogP contribution is 2.30. The fraction of sp³-hybridized carbons (Fsp3) is 0.350. The third kappa shape index (κ3) is 4.34. The molecule has 3 rings (SSSR count). The van der Waals surface area contributed by atoms with Gasteiger partial charge in [0, 0.05) is 18.8 Å². The zero-order chi connectivity index (χ0) is 19.4. The Bertz CT molecular complexity index is 910. The average Bonchev–Trinajstić information content (AvgIpc) is 3.20. The number of rotatable bonds is 6. The maximum Gasteiger partial charge on any atom is 0.244 e. The Hall–Kier alpha value is -1.89. The molecule has 1 amide bonds. The molecule has 144 valence electrons. The van der Waals surface area contributed by atoms with E-state index in [1.165, 1.54) is 16.4 Å². The van der Waals surface area contributed by atoms with Crippen molar-refractivity contribution in [1.29, 1.82) is 0 Å². The summed E-state index contributed by atoms with van der Waals surface area (Å²) in [6, 6.07) is 14.1. The summed E-state index contributed by atoms with van der Waals surface area (Å²) in [5.74, 6) is -0.476. The van der Waals surface area contributed by atoms with E-state index in [0.717, 1.165) is 18.4 Å². The van der Waals surface area contributed by atoms with Crippen molar-refractivity contribution in [1.82, 2.24) is 4.31 Å². The minimum atomic E-state index is -3.66. The van der Waals surface area contributed by atoms with Gasteiger partial charge in [-0.15, -0.1) is 0 Å². The molecule has 1 atom stereocenters. The Morgan fingerprint density at radius 1 is 1.15 bits per heavy atom. The number of benzene rings is 2. The Balaban J connectivity index is 1.84. The van der Waals surface area contributed by atoms with Crippen molar-refractivity contribution < 1.29 is 13.2 Å². The molecule has 0 spiro atoms. The standard InChI is InChI=1S/C20H23ClN2O3S/c1-2-17(15-8-4-3-5-9-15)20(24)22-16-10-11-18(21)19(14-16)27(25,26)23-12-6-7-13-23/h3-5,8-11,14,17H,2,6-7,12-13H2,1H3,(H,22,24). The minimum Gasteiger partial charge on any atom is -0.326 e. The summed E-state index contributed by atoms with van der Waals surface area (Å²) in [5.41, 5.74) is 1.35. The van der Waals surface area contributed by atoms with E-state index in [2.05, 4.69) is 5.32 Å². The summed E-state index contributed by atoms with van der Waals surface area (Å²) in [4.78, 5) is 12.8. The van der Waals surface area contributed by atoms with Crippen molar-refractivity contribution in [3.8, 4) is 0 Å². The van der Waals surface area contributed by atoms with Gasteiger partial charge in [0.05, 0.1) is 10.9 Å². The van der Waals surface area contributed by atoms with Crippen molar-refractivity contribution in [2.45, 2.75) is 37.0 Å². The molecule has 1 saturated heterocycles. The maximum absolute atomic E-state index is 12.8. The van der Waals surface area contributed by atoms with E-state index in [-0.39, 0.29) is 21.7 Å². The number of amides is 1. The number of halogens is 1. The summed E-state index contributed by atoms with van der Waals surface area (Å²) >= 11 is 6.16. The molecule has 2 aromatic carbocycles. The van der Waals surface area contributed by atoms with Crippen LogP contribution < -0.4 is 5.32 Å². The number of sulfonamides is 1. The first-order chi connectivity index (χ1) is 12.9. The summed E-state index contributed by atoms with van der Waals surface area (Å²) in [7, 11) is -3.66. The van der Waals surface area contributed by atoms with Crippen LogP contribution in [0.3, 0.4) is 0 Å². The smallest absolute Gasteiger partial charge is 0.244 e. The molecular weight excluding hydrogens is 384 g/mol. The van der Waals surface area contributed by atoms with E-state index < -0.39 is 10.0 Å². The topological polar surface area (TPSA) is 66.5 Å². The summed E-state index contributed by atoms with van der Waals surface area (Å²) in [6.07, 6.45) is 2.34. The predicted molar refractivity (Wildman–Crippen MR) is 108 cm³/mol. The molecule has 5 nitrogen and oxygen atoms in total. The van der Waals surface area contributed by atoms with Crippen LogP contribution in [-0.2, 0) is 14.8 Å². The first-order valence-corrected chi connectivity index (χ1v) is 10.9. The van der Waals surface area contributed by atoms with Crippen molar-refractivity contribution in [2.75, 3.05) is 18.4 Å². The molecule has 0 saturated carbocycles. The second kappa shape index (κ2) is 8.42. The molecular formula is C20H23ClN2O3S. The van der Waals surface area contributed by atoms with Crippen molar-refractivity contribution in [3.63, 3.8) is 0 Å². The van der Waals surface area contributed by atoms with E-state index in [9.17, 15) is 13.2 Å². The van der Waals surface area contributed by atoms with Crippen LogP contribution in [0, 0.1) is 0 Å². The van der Waals surface area contributed by atoms with Gasteiger partial charge in [-0.2, -0.15) is 4.31 Å². The van der Waals surface area contributed by atoms with Crippen LogP contribution in [-0.4, -0.2) is 31.7 Å². The van der Waals surface area contributed by atoms with Crippen LogP contribution in [0.1, 0.15) is 37.7 Å². The van der Waals surface area contributed by atoms with E-state index in [1.807, 2.05) is 37.3 Å².